The second-order valence-electron chi connectivity index (χ2n) is 7.52. The van der Waals surface area contributed by atoms with Crippen LogP contribution in [-0.4, -0.2) is 12.1 Å². The van der Waals surface area contributed by atoms with Crippen LogP contribution in [0, 0.1) is 5.41 Å². The van der Waals surface area contributed by atoms with E-state index in [1.807, 2.05) is 6.07 Å². The van der Waals surface area contributed by atoms with Crippen molar-refractivity contribution < 1.29 is 4.74 Å². The summed E-state index contributed by atoms with van der Waals surface area (Å²) in [6, 6.07) is 6.20. The number of rotatable bonds is 5. The van der Waals surface area contributed by atoms with E-state index >= 15 is 0 Å². The molecular weight excluding hydrogens is 314 g/mol. The largest absolute Gasteiger partial charge is 0.494 e. The van der Waals surface area contributed by atoms with Gasteiger partial charge in [0.2, 0.25) is 0 Å². The zero-order valence-electron chi connectivity index (χ0n) is 13.6. The van der Waals surface area contributed by atoms with E-state index < -0.39 is 0 Å². The van der Waals surface area contributed by atoms with Crippen molar-refractivity contribution in [2.24, 2.45) is 5.41 Å². The van der Waals surface area contributed by atoms with Gasteiger partial charge in [-0.1, -0.05) is 36.7 Å². The molecule has 1 N–H and O–H groups in total. The SMILES string of the molecule is CC(C)(C)CCOc1ccc(Br)c(CNC(C)(C)C)c1. The number of ether oxygens (including phenoxy) is 1. The van der Waals surface area contributed by atoms with Crippen molar-refractivity contribution in [3.8, 4) is 5.75 Å². The van der Waals surface area contributed by atoms with E-state index in [1.165, 1.54) is 5.56 Å². The highest BCUT2D eigenvalue weighted by Crippen LogP contribution is 2.24. The van der Waals surface area contributed by atoms with Gasteiger partial charge in [0.05, 0.1) is 6.61 Å². The molecule has 3 heteroatoms. The molecule has 0 saturated heterocycles. The maximum atomic E-state index is 5.86. The number of benzene rings is 1. The Morgan fingerprint density at radius 3 is 2.30 bits per heavy atom. The molecule has 0 saturated carbocycles. The molecule has 0 radical (unpaired) electrons. The lowest BCUT2D eigenvalue weighted by atomic mass is 9.93. The standard InChI is InChI=1S/C17H28BrNO/c1-16(2,3)9-10-20-14-7-8-15(18)13(11-14)12-19-17(4,5)6/h7-8,11,19H,9-10,12H2,1-6H3. The van der Waals surface area contributed by atoms with Gasteiger partial charge in [-0.05, 0) is 56.4 Å². The third-order valence-corrected chi connectivity index (χ3v) is 3.72. The van der Waals surface area contributed by atoms with Gasteiger partial charge in [0.25, 0.3) is 0 Å². The summed E-state index contributed by atoms with van der Waals surface area (Å²) in [5.41, 5.74) is 1.65. The summed E-state index contributed by atoms with van der Waals surface area (Å²) < 4.78 is 6.98. The predicted molar refractivity (Wildman–Crippen MR) is 90.3 cm³/mol. The Morgan fingerprint density at radius 1 is 1.10 bits per heavy atom. The van der Waals surface area contributed by atoms with Crippen LogP contribution >= 0.6 is 15.9 Å². The second-order valence-corrected chi connectivity index (χ2v) is 8.37. The van der Waals surface area contributed by atoms with Gasteiger partial charge in [0.15, 0.2) is 0 Å². The topological polar surface area (TPSA) is 21.3 Å². The molecule has 0 aliphatic carbocycles. The average Bonchev–Trinajstić information content (AvgIpc) is 2.27. The maximum Gasteiger partial charge on any atom is 0.119 e. The van der Waals surface area contributed by atoms with Crippen LogP contribution in [0.25, 0.3) is 0 Å². The fourth-order valence-corrected chi connectivity index (χ4v) is 2.00. The van der Waals surface area contributed by atoms with Crippen molar-refractivity contribution in [1.82, 2.24) is 5.32 Å². The van der Waals surface area contributed by atoms with Crippen molar-refractivity contribution in [3.63, 3.8) is 0 Å². The summed E-state index contributed by atoms with van der Waals surface area (Å²) in [4.78, 5) is 0. The first kappa shape index (κ1) is 17.5. The molecular formula is C17H28BrNO. The molecule has 0 aromatic heterocycles. The van der Waals surface area contributed by atoms with E-state index in [4.69, 9.17) is 4.74 Å². The van der Waals surface area contributed by atoms with E-state index in [9.17, 15) is 0 Å². The zero-order chi connectivity index (χ0) is 15.4. The van der Waals surface area contributed by atoms with Crippen LogP contribution in [0.4, 0.5) is 0 Å². The van der Waals surface area contributed by atoms with Crippen molar-refractivity contribution in [2.45, 2.75) is 60.0 Å². The molecule has 2 nitrogen and oxygen atoms in total. The van der Waals surface area contributed by atoms with Crippen LogP contribution in [0.15, 0.2) is 22.7 Å². The molecule has 0 amide bonds. The molecule has 1 aromatic carbocycles. The highest BCUT2D eigenvalue weighted by atomic mass is 79.9. The summed E-state index contributed by atoms with van der Waals surface area (Å²) in [6.07, 6.45) is 1.05. The van der Waals surface area contributed by atoms with Crippen LogP contribution in [-0.2, 0) is 6.54 Å². The van der Waals surface area contributed by atoms with Gasteiger partial charge in [-0.3, -0.25) is 0 Å². The molecule has 1 aromatic rings. The normalized spacial score (nSPS) is 12.6. The minimum absolute atomic E-state index is 0.114. The summed E-state index contributed by atoms with van der Waals surface area (Å²) >= 11 is 3.60. The van der Waals surface area contributed by atoms with Gasteiger partial charge in [-0.25, -0.2) is 0 Å². The fourth-order valence-electron chi connectivity index (χ4n) is 1.61. The molecule has 0 aliphatic rings. The van der Waals surface area contributed by atoms with E-state index in [0.717, 1.165) is 29.8 Å². The lowest BCUT2D eigenvalue weighted by molar-refractivity contribution is 0.243. The van der Waals surface area contributed by atoms with E-state index in [2.05, 4.69) is 74.9 Å². The Kier molecular flexibility index (Phi) is 6.08. The predicted octanol–water partition coefficient (Wildman–Crippen LogP) is 5.15. The van der Waals surface area contributed by atoms with E-state index in [0.29, 0.717) is 5.41 Å². The molecule has 0 heterocycles. The molecule has 0 spiro atoms. The van der Waals surface area contributed by atoms with Gasteiger partial charge < -0.3 is 10.1 Å². The van der Waals surface area contributed by atoms with Crippen LogP contribution in [0.3, 0.4) is 0 Å². The van der Waals surface area contributed by atoms with Crippen LogP contribution in [0.2, 0.25) is 0 Å². The molecule has 1 rings (SSSR count). The lowest BCUT2D eigenvalue weighted by Crippen LogP contribution is -2.35. The summed E-state index contributed by atoms with van der Waals surface area (Å²) in [6.45, 7) is 14.8. The molecule has 20 heavy (non-hydrogen) atoms. The number of nitrogens with one attached hydrogen (secondary N) is 1. The molecule has 0 aliphatic heterocycles. The van der Waals surface area contributed by atoms with Crippen molar-refractivity contribution in [2.75, 3.05) is 6.61 Å². The Bertz CT molecular complexity index is 430. The Morgan fingerprint density at radius 2 is 1.75 bits per heavy atom. The van der Waals surface area contributed by atoms with Gasteiger partial charge in [0.1, 0.15) is 5.75 Å². The van der Waals surface area contributed by atoms with Crippen LogP contribution in [0.1, 0.15) is 53.5 Å². The molecule has 0 fully saturated rings. The molecule has 0 atom stereocenters. The molecule has 0 unspecified atom stereocenters. The van der Waals surface area contributed by atoms with Gasteiger partial charge in [0, 0.05) is 16.6 Å². The average molecular weight is 342 g/mol. The minimum atomic E-state index is 0.114. The smallest absolute Gasteiger partial charge is 0.119 e. The molecule has 0 bridgehead atoms. The van der Waals surface area contributed by atoms with E-state index in [-0.39, 0.29) is 5.54 Å². The lowest BCUT2D eigenvalue weighted by Gasteiger charge is -2.21. The van der Waals surface area contributed by atoms with Crippen molar-refractivity contribution in [3.05, 3.63) is 28.2 Å². The van der Waals surface area contributed by atoms with Crippen LogP contribution < -0.4 is 10.1 Å². The number of hydrogen-bond acceptors (Lipinski definition) is 2. The first-order valence-electron chi connectivity index (χ1n) is 7.23. The Hall–Kier alpha value is -0.540. The minimum Gasteiger partial charge on any atom is -0.494 e. The van der Waals surface area contributed by atoms with Crippen molar-refractivity contribution in [1.29, 1.82) is 0 Å². The van der Waals surface area contributed by atoms with Gasteiger partial charge in [-0.2, -0.15) is 0 Å². The number of hydrogen-bond donors (Lipinski definition) is 1. The van der Waals surface area contributed by atoms with E-state index in [1.54, 1.807) is 0 Å². The number of halogens is 1. The Labute approximate surface area is 132 Å². The Balaban J connectivity index is 2.62. The van der Waals surface area contributed by atoms with Gasteiger partial charge >= 0.3 is 0 Å². The third kappa shape index (κ3) is 7.30. The monoisotopic (exact) mass is 341 g/mol. The maximum absolute atomic E-state index is 5.86. The molecule has 114 valence electrons. The second kappa shape index (κ2) is 6.95. The van der Waals surface area contributed by atoms with Crippen molar-refractivity contribution >= 4 is 15.9 Å². The summed E-state index contributed by atoms with van der Waals surface area (Å²) in [5.74, 6) is 0.947. The van der Waals surface area contributed by atoms with Gasteiger partial charge in [-0.15, -0.1) is 0 Å². The highest BCUT2D eigenvalue weighted by Gasteiger charge is 2.12. The first-order valence-corrected chi connectivity index (χ1v) is 8.02. The third-order valence-electron chi connectivity index (χ3n) is 2.95. The highest BCUT2D eigenvalue weighted by molar-refractivity contribution is 9.10. The summed E-state index contributed by atoms with van der Waals surface area (Å²) in [5, 5.41) is 3.50. The zero-order valence-corrected chi connectivity index (χ0v) is 15.2. The quantitative estimate of drug-likeness (QED) is 0.799. The summed E-state index contributed by atoms with van der Waals surface area (Å²) in [7, 11) is 0. The first-order chi connectivity index (χ1) is 9.07. The fraction of sp³-hybridized carbons (Fsp3) is 0.647. The van der Waals surface area contributed by atoms with Crippen LogP contribution in [0.5, 0.6) is 5.75 Å².